The molecular formula is C12H22N6O2. The molecule has 2 aliphatic carbocycles. The molecule has 2 rings (SSSR count). The largest absolute Gasteiger partial charge is 0.350 e. The molecule has 2 fully saturated rings. The lowest BCUT2D eigenvalue weighted by Gasteiger charge is -1.93. The third-order valence-corrected chi connectivity index (χ3v) is 3.01. The van der Waals surface area contributed by atoms with E-state index in [9.17, 15) is 9.59 Å². The molecule has 0 atom stereocenters. The van der Waals surface area contributed by atoms with E-state index in [1.165, 1.54) is 25.7 Å². The average Bonchev–Trinajstić information content (AvgIpc) is 3.08. The first-order valence-corrected chi connectivity index (χ1v) is 6.79. The number of carbonyl (C=O) groups excluding carboxylic acids is 2. The molecule has 4 amide bonds. The Balaban J connectivity index is 0.000000200. The maximum absolute atomic E-state index is 10.2. The van der Waals surface area contributed by atoms with Gasteiger partial charge in [0.15, 0.2) is 0 Å². The van der Waals surface area contributed by atoms with Crippen molar-refractivity contribution in [2.24, 2.45) is 21.7 Å². The van der Waals surface area contributed by atoms with Gasteiger partial charge in [-0.3, -0.25) is 0 Å². The molecule has 0 aromatic heterocycles. The van der Waals surface area contributed by atoms with E-state index in [1.807, 2.05) is 0 Å². The third kappa shape index (κ3) is 7.34. The standard InChI is InChI=1S/2C6H11N3O/c2*7-6(10)9-8-5-3-1-2-4-5/h2*1-4H2,(H3,7,9,10). The zero-order valence-electron chi connectivity index (χ0n) is 11.5. The predicted molar refractivity (Wildman–Crippen MR) is 77.2 cm³/mol. The SMILES string of the molecule is NC(=O)NN=C1CCCC1.NC(=O)NN=C1CCCC1. The molecule has 0 saturated heterocycles. The van der Waals surface area contributed by atoms with E-state index in [-0.39, 0.29) is 0 Å². The van der Waals surface area contributed by atoms with Crippen molar-refractivity contribution in [1.82, 2.24) is 10.9 Å². The normalized spacial score (nSPS) is 17.0. The molecule has 2 saturated carbocycles. The van der Waals surface area contributed by atoms with E-state index >= 15 is 0 Å². The van der Waals surface area contributed by atoms with Gasteiger partial charge in [0.05, 0.1) is 0 Å². The van der Waals surface area contributed by atoms with E-state index in [0.717, 1.165) is 37.1 Å². The van der Waals surface area contributed by atoms with Crippen molar-refractivity contribution in [2.45, 2.75) is 51.4 Å². The lowest BCUT2D eigenvalue weighted by molar-refractivity contribution is 0.248. The highest BCUT2D eigenvalue weighted by Crippen LogP contribution is 2.14. The Morgan fingerprint density at radius 1 is 0.750 bits per heavy atom. The minimum atomic E-state index is -0.584. The van der Waals surface area contributed by atoms with Crippen LogP contribution in [0.1, 0.15) is 51.4 Å². The fourth-order valence-corrected chi connectivity index (χ4v) is 2.06. The Bertz CT molecular complexity index is 351. The van der Waals surface area contributed by atoms with Gasteiger partial charge < -0.3 is 11.5 Å². The molecule has 0 aliphatic heterocycles. The highest BCUT2D eigenvalue weighted by Gasteiger charge is 2.08. The molecule has 0 unspecified atom stereocenters. The summed E-state index contributed by atoms with van der Waals surface area (Å²) in [6.07, 6.45) is 8.72. The first kappa shape index (κ1) is 15.9. The van der Waals surface area contributed by atoms with Crippen molar-refractivity contribution in [2.75, 3.05) is 0 Å². The summed E-state index contributed by atoms with van der Waals surface area (Å²) in [5, 5.41) is 7.63. The maximum Gasteiger partial charge on any atom is 0.332 e. The Labute approximate surface area is 118 Å². The minimum Gasteiger partial charge on any atom is -0.350 e. The Kier molecular flexibility index (Phi) is 7.08. The molecule has 0 radical (unpaired) electrons. The Hall–Kier alpha value is -2.12. The zero-order valence-corrected chi connectivity index (χ0v) is 11.5. The Morgan fingerprint density at radius 2 is 1.05 bits per heavy atom. The molecule has 2 aliphatic rings. The Morgan fingerprint density at radius 3 is 1.30 bits per heavy atom. The summed E-state index contributed by atoms with van der Waals surface area (Å²) in [6.45, 7) is 0. The number of hydrazone groups is 2. The second-order valence-corrected chi connectivity index (χ2v) is 4.72. The van der Waals surface area contributed by atoms with Gasteiger partial charge in [-0.2, -0.15) is 10.2 Å². The summed E-state index contributed by atoms with van der Waals surface area (Å²) in [5.41, 5.74) is 16.2. The van der Waals surface area contributed by atoms with Crippen LogP contribution in [-0.2, 0) is 0 Å². The van der Waals surface area contributed by atoms with Crippen LogP contribution >= 0.6 is 0 Å². The molecule has 8 heteroatoms. The number of hydrogen-bond donors (Lipinski definition) is 4. The van der Waals surface area contributed by atoms with Gasteiger partial charge in [0.1, 0.15) is 0 Å². The van der Waals surface area contributed by atoms with Gasteiger partial charge in [-0.25, -0.2) is 20.4 Å². The van der Waals surface area contributed by atoms with Crippen molar-refractivity contribution in [3.05, 3.63) is 0 Å². The fourth-order valence-electron chi connectivity index (χ4n) is 2.06. The quantitative estimate of drug-likeness (QED) is 0.565. The van der Waals surface area contributed by atoms with Crippen LogP contribution in [0.15, 0.2) is 10.2 Å². The van der Waals surface area contributed by atoms with Crippen molar-refractivity contribution in [3.63, 3.8) is 0 Å². The van der Waals surface area contributed by atoms with E-state index in [2.05, 4.69) is 21.1 Å². The molecule has 0 aromatic rings. The van der Waals surface area contributed by atoms with Crippen LogP contribution in [0.5, 0.6) is 0 Å². The number of primary amides is 2. The number of nitrogens with one attached hydrogen (secondary N) is 2. The van der Waals surface area contributed by atoms with Crippen LogP contribution in [0.4, 0.5) is 9.59 Å². The van der Waals surface area contributed by atoms with Crippen LogP contribution in [0.2, 0.25) is 0 Å². The van der Waals surface area contributed by atoms with Crippen molar-refractivity contribution < 1.29 is 9.59 Å². The van der Waals surface area contributed by atoms with E-state index in [4.69, 9.17) is 11.5 Å². The molecule has 0 spiro atoms. The zero-order chi connectivity index (χ0) is 14.8. The van der Waals surface area contributed by atoms with Gasteiger partial charge in [0, 0.05) is 11.4 Å². The minimum absolute atomic E-state index is 0.584. The average molecular weight is 282 g/mol. The topological polar surface area (TPSA) is 135 Å². The monoisotopic (exact) mass is 282 g/mol. The second kappa shape index (κ2) is 8.89. The fraction of sp³-hybridized carbons (Fsp3) is 0.667. The van der Waals surface area contributed by atoms with E-state index < -0.39 is 12.1 Å². The van der Waals surface area contributed by atoms with Gasteiger partial charge in [-0.05, 0) is 51.4 Å². The van der Waals surface area contributed by atoms with Crippen molar-refractivity contribution in [1.29, 1.82) is 0 Å². The second-order valence-electron chi connectivity index (χ2n) is 4.72. The number of amides is 4. The third-order valence-electron chi connectivity index (χ3n) is 3.01. The maximum atomic E-state index is 10.2. The van der Waals surface area contributed by atoms with Crippen LogP contribution in [0.25, 0.3) is 0 Å². The number of hydrogen-bond acceptors (Lipinski definition) is 4. The molecule has 112 valence electrons. The van der Waals surface area contributed by atoms with E-state index in [0.29, 0.717) is 0 Å². The molecule has 0 bridgehead atoms. The van der Waals surface area contributed by atoms with Crippen LogP contribution < -0.4 is 22.3 Å². The summed E-state index contributed by atoms with van der Waals surface area (Å²) in [5.74, 6) is 0. The van der Waals surface area contributed by atoms with Crippen molar-refractivity contribution in [3.8, 4) is 0 Å². The highest BCUT2D eigenvalue weighted by atomic mass is 16.2. The molecule has 20 heavy (non-hydrogen) atoms. The van der Waals surface area contributed by atoms with Crippen LogP contribution in [-0.4, -0.2) is 23.5 Å². The molecular weight excluding hydrogens is 260 g/mol. The number of nitrogens with zero attached hydrogens (tertiary/aromatic N) is 2. The van der Waals surface area contributed by atoms with Gasteiger partial charge in [0.2, 0.25) is 0 Å². The predicted octanol–water partition coefficient (Wildman–Crippen LogP) is 1.17. The highest BCUT2D eigenvalue weighted by molar-refractivity contribution is 5.87. The van der Waals surface area contributed by atoms with Gasteiger partial charge in [0.25, 0.3) is 0 Å². The first-order valence-electron chi connectivity index (χ1n) is 6.79. The van der Waals surface area contributed by atoms with Gasteiger partial charge >= 0.3 is 12.1 Å². The number of rotatable bonds is 2. The molecule has 8 nitrogen and oxygen atoms in total. The summed E-state index contributed by atoms with van der Waals surface area (Å²) in [4.78, 5) is 20.3. The number of carbonyl (C=O) groups is 2. The first-order chi connectivity index (χ1) is 9.58. The number of urea groups is 2. The lowest BCUT2D eigenvalue weighted by atomic mass is 10.3. The van der Waals surface area contributed by atoms with E-state index in [1.54, 1.807) is 0 Å². The lowest BCUT2D eigenvalue weighted by Crippen LogP contribution is -2.25. The van der Waals surface area contributed by atoms with Crippen LogP contribution in [0.3, 0.4) is 0 Å². The molecule has 6 N–H and O–H groups in total. The van der Waals surface area contributed by atoms with Gasteiger partial charge in [-0.15, -0.1) is 0 Å². The van der Waals surface area contributed by atoms with Crippen LogP contribution in [0, 0.1) is 0 Å². The molecule has 0 aromatic carbocycles. The van der Waals surface area contributed by atoms with Crippen molar-refractivity contribution >= 4 is 23.5 Å². The molecule has 0 heterocycles. The summed E-state index contributed by atoms with van der Waals surface area (Å²) in [6, 6.07) is -1.17. The van der Waals surface area contributed by atoms with Gasteiger partial charge in [-0.1, -0.05) is 0 Å². The summed E-state index contributed by atoms with van der Waals surface area (Å²) in [7, 11) is 0. The summed E-state index contributed by atoms with van der Waals surface area (Å²) < 4.78 is 0. The number of nitrogens with two attached hydrogens (primary N) is 2. The summed E-state index contributed by atoms with van der Waals surface area (Å²) >= 11 is 0. The smallest absolute Gasteiger partial charge is 0.332 e.